The van der Waals surface area contributed by atoms with Gasteiger partial charge in [-0.1, -0.05) is 0 Å². The summed E-state index contributed by atoms with van der Waals surface area (Å²) in [5.41, 5.74) is 5.48. The van der Waals surface area contributed by atoms with Gasteiger partial charge in [0.05, 0.1) is 0 Å². The number of rotatable bonds is 5. The van der Waals surface area contributed by atoms with Crippen LogP contribution in [0.2, 0.25) is 12.6 Å². The molecular weight excluding hydrogens is 250 g/mol. The summed E-state index contributed by atoms with van der Waals surface area (Å²) >= 11 is 0. The van der Waals surface area contributed by atoms with Gasteiger partial charge in [-0.15, -0.1) is 0 Å². The number of hydrogen-bond donors (Lipinski definition) is 1. The van der Waals surface area contributed by atoms with Crippen molar-refractivity contribution in [3.63, 3.8) is 0 Å². The summed E-state index contributed by atoms with van der Waals surface area (Å²) in [7, 11) is -2.85. The third-order valence-corrected chi connectivity index (χ3v) is 12.2. The summed E-state index contributed by atoms with van der Waals surface area (Å²) in [5, 5.41) is 0. The van der Waals surface area contributed by atoms with Crippen molar-refractivity contribution in [2.75, 3.05) is 20.8 Å². The van der Waals surface area contributed by atoms with Crippen molar-refractivity contribution in [1.82, 2.24) is 0 Å². The summed E-state index contributed by atoms with van der Waals surface area (Å²) in [6.45, 7) is 2.48. The van der Waals surface area contributed by atoms with Gasteiger partial charge in [0, 0.05) is 26.8 Å². The highest BCUT2D eigenvalue weighted by Crippen LogP contribution is 2.26. The average Bonchev–Trinajstić information content (AvgIpc) is 2.27. The fraction of sp³-hybridized carbons (Fsp3) is 1.00. The van der Waals surface area contributed by atoms with E-state index in [0.29, 0.717) is 6.54 Å². The van der Waals surface area contributed by atoms with E-state index < -0.39 is 27.6 Å². The first kappa shape index (κ1) is 13.5. The highest BCUT2D eigenvalue weighted by molar-refractivity contribution is 6.81. The third kappa shape index (κ3) is 3.44. The first-order valence-corrected chi connectivity index (χ1v) is 10.2. The second-order valence-corrected chi connectivity index (χ2v) is 11.1. The molecule has 0 spiro atoms. The van der Waals surface area contributed by atoms with Crippen LogP contribution in [0, 0.1) is 0 Å². The monoisotopic (exact) mass is 269 g/mol. The molecule has 1 heterocycles. The van der Waals surface area contributed by atoms with Gasteiger partial charge in [-0.3, -0.25) is 0 Å². The van der Waals surface area contributed by atoms with Crippen LogP contribution in [0.5, 0.6) is 0 Å². The van der Waals surface area contributed by atoms with Gasteiger partial charge < -0.3 is 26.9 Å². The molecule has 90 valence electrons. The summed E-state index contributed by atoms with van der Waals surface area (Å²) in [6.07, 6.45) is 0.836. The van der Waals surface area contributed by atoms with Crippen LogP contribution in [-0.2, 0) is 21.2 Å². The quantitative estimate of drug-likeness (QED) is 0.659. The fourth-order valence-corrected chi connectivity index (χ4v) is 10.9. The lowest BCUT2D eigenvalue weighted by Gasteiger charge is -2.40. The van der Waals surface area contributed by atoms with Crippen molar-refractivity contribution in [1.29, 1.82) is 0 Å². The molecule has 0 amide bonds. The molecule has 0 aromatic heterocycles. The molecule has 1 aliphatic rings. The minimum absolute atomic E-state index is 0.610. The first-order valence-electron chi connectivity index (χ1n) is 4.88. The Morgan fingerprint density at radius 3 is 2.53 bits per heavy atom. The zero-order valence-electron chi connectivity index (χ0n) is 9.45. The standard InChI is InChI=1S/C6H19NO5Si3/c1-8-14(3)10-13-11-15(9-2,12-14)6-4-5-7/h4-7,13H2,1-3H3. The molecule has 0 radical (unpaired) electrons. The molecule has 1 saturated heterocycles. The molecular formula is C6H19NO5Si3. The van der Waals surface area contributed by atoms with Crippen molar-refractivity contribution < 1.29 is 21.2 Å². The molecule has 0 saturated carbocycles. The van der Waals surface area contributed by atoms with Gasteiger partial charge >= 0.3 is 17.6 Å². The minimum Gasteiger partial charge on any atom is -0.399 e. The Labute approximate surface area is 94.8 Å². The van der Waals surface area contributed by atoms with Crippen LogP contribution in [0.15, 0.2) is 0 Å². The Morgan fingerprint density at radius 2 is 2.00 bits per heavy atom. The van der Waals surface area contributed by atoms with Crippen LogP contribution >= 0.6 is 0 Å². The van der Waals surface area contributed by atoms with Crippen molar-refractivity contribution in [3.05, 3.63) is 0 Å². The van der Waals surface area contributed by atoms with Gasteiger partial charge in [0.1, 0.15) is 0 Å². The molecule has 1 rings (SSSR count). The normalized spacial score (nSPS) is 38.4. The zero-order valence-corrected chi connectivity index (χ0v) is 12.9. The summed E-state index contributed by atoms with van der Waals surface area (Å²) in [6, 6.07) is 0.738. The van der Waals surface area contributed by atoms with E-state index in [1.54, 1.807) is 14.2 Å². The zero-order chi connectivity index (χ0) is 11.4. The van der Waals surface area contributed by atoms with Crippen LogP contribution < -0.4 is 5.73 Å². The van der Waals surface area contributed by atoms with Gasteiger partial charge in [-0.25, -0.2) is 0 Å². The molecule has 2 atom stereocenters. The van der Waals surface area contributed by atoms with E-state index in [1.165, 1.54) is 0 Å². The predicted octanol–water partition coefficient (Wildman–Crippen LogP) is -0.802. The second-order valence-electron chi connectivity index (χ2n) is 3.35. The van der Waals surface area contributed by atoms with Gasteiger partial charge in [0.15, 0.2) is 0 Å². The number of hydrogen-bond acceptors (Lipinski definition) is 6. The van der Waals surface area contributed by atoms with E-state index in [2.05, 4.69) is 0 Å². The van der Waals surface area contributed by atoms with E-state index in [1.807, 2.05) is 6.55 Å². The Hall–Kier alpha value is 0.411. The van der Waals surface area contributed by atoms with Crippen LogP contribution in [0.1, 0.15) is 6.42 Å². The molecule has 0 bridgehead atoms. The van der Waals surface area contributed by atoms with E-state index >= 15 is 0 Å². The molecule has 0 aromatic rings. The van der Waals surface area contributed by atoms with Crippen LogP contribution in [-0.4, -0.2) is 48.4 Å². The lowest BCUT2D eigenvalue weighted by Crippen LogP contribution is -2.62. The molecule has 1 fully saturated rings. The summed E-state index contributed by atoms with van der Waals surface area (Å²) in [4.78, 5) is 0. The Morgan fingerprint density at radius 1 is 1.27 bits per heavy atom. The molecule has 1 aliphatic heterocycles. The van der Waals surface area contributed by atoms with Crippen molar-refractivity contribution >= 4 is 27.6 Å². The summed E-state index contributed by atoms with van der Waals surface area (Å²) in [5.74, 6) is 0. The maximum atomic E-state index is 5.83. The van der Waals surface area contributed by atoms with E-state index in [-0.39, 0.29) is 0 Å². The Bertz CT molecular complexity index is 211. The molecule has 15 heavy (non-hydrogen) atoms. The highest BCUT2D eigenvalue weighted by Gasteiger charge is 2.53. The summed E-state index contributed by atoms with van der Waals surface area (Å²) < 4.78 is 27.7. The van der Waals surface area contributed by atoms with Crippen LogP contribution in [0.3, 0.4) is 0 Å². The number of nitrogens with two attached hydrogens (primary N) is 1. The highest BCUT2D eigenvalue weighted by atomic mass is 28.5. The lowest BCUT2D eigenvalue weighted by molar-refractivity contribution is 0.0979. The smallest absolute Gasteiger partial charge is 0.399 e. The predicted molar refractivity (Wildman–Crippen MR) is 61.7 cm³/mol. The molecule has 2 N–H and O–H groups in total. The van der Waals surface area contributed by atoms with Gasteiger partial charge in [0.25, 0.3) is 10.0 Å². The Kier molecular flexibility index (Phi) is 5.08. The van der Waals surface area contributed by atoms with E-state index in [4.69, 9.17) is 26.9 Å². The maximum Gasteiger partial charge on any atom is 0.484 e. The molecule has 0 aliphatic carbocycles. The first-order chi connectivity index (χ1) is 7.10. The van der Waals surface area contributed by atoms with Crippen LogP contribution in [0.4, 0.5) is 0 Å². The molecule has 9 heteroatoms. The van der Waals surface area contributed by atoms with Crippen LogP contribution in [0.25, 0.3) is 0 Å². The molecule has 0 aromatic carbocycles. The Balaban J connectivity index is 2.63. The second kappa shape index (κ2) is 5.65. The minimum atomic E-state index is -2.54. The van der Waals surface area contributed by atoms with Crippen molar-refractivity contribution in [3.8, 4) is 0 Å². The maximum absolute atomic E-state index is 5.83. The third-order valence-electron chi connectivity index (χ3n) is 2.31. The largest absolute Gasteiger partial charge is 0.484 e. The van der Waals surface area contributed by atoms with Gasteiger partial charge in [-0.05, 0) is 13.0 Å². The van der Waals surface area contributed by atoms with Crippen molar-refractivity contribution in [2.24, 2.45) is 5.73 Å². The van der Waals surface area contributed by atoms with Crippen molar-refractivity contribution in [2.45, 2.75) is 19.0 Å². The SMILES string of the molecule is CO[Si]1(C)O[SiH2]O[Si](CCCN)(OC)O1. The lowest BCUT2D eigenvalue weighted by atomic mass is 10.5. The van der Waals surface area contributed by atoms with Gasteiger partial charge in [-0.2, -0.15) is 0 Å². The van der Waals surface area contributed by atoms with E-state index in [0.717, 1.165) is 12.5 Å². The van der Waals surface area contributed by atoms with E-state index in [9.17, 15) is 0 Å². The molecule has 6 nitrogen and oxygen atoms in total. The topological polar surface area (TPSA) is 72.2 Å². The fourth-order valence-electron chi connectivity index (χ4n) is 1.31. The van der Waals surface area contributed by atoms with Gasteiger partial charge in [0.2, 0.25) is 0 Å². The average molecular weight is 269 g/mol. The molecule has 2 unspecified atom stereocenters.